The molecule has 20 heavy (non-hydrogen) atoms. The summed E-state index contributed by atoms with van der Waals surface area (Å²) in [7, 11) is -3.04. The van der Waals surface area contributed by atoms with Crippen molar-refractivity contribution in [2.45, 2.75) is 44.7 Å². The molecule has 2 rings (SSSR count). The average molecular weight is 304 g/mol. The summed E-state index contributed by atoms with van der Waals surface area (Å²) in [5.74, 6) is -0.862. The van der Waals surface area contributed by atoms with Crippen molar-refractivity contribution >= 4 is 21.8 Å². The number of nitrogens with one attached hydrogen (secondary N) is 2. The van der Waals surface area contributed by atoms with E-state index in [-0.39, 0.29) is 17.5 Å². The van der Waals surface area contributed by atoms with E-state index < -0.39 is 33.3 Å². The second-order valence-electron chi connectivity index (χ2n) is 5.89. The van der Waals surface area contributed by atoms with Crippen LogP contribution in [0, 0.1) is 5.41 Å². The van der Waals surface area contributed by atoms with Crippen LogP contribution in [0.5, 0.6) is 0 Å². The number of aliphatic carboxylic acids is 1. The summed E-state index contributed by atoms with van der Waals surface area (Å²) in [5, 5.41) is 14.6. The number of urea groups is 1. The maximum Gasteiger partial charge on any atom is 0.315 e. The molecule has 1 saturated carbocycles. The first-order valence-corrected chi connectivity index (χ1v) is 8.56. The fourth-order valence-corrected chi connectivity index (χ4v) is 4.62. The van der Waals surface area contributed by atoms with E-state index in [0.29, 0.717) is 19.3 Å². The molecule has 0 aromatic heterocycles. The van der Waals surface area contributed by atoms with Gasteiger partial charge in [-0.15, -0.1) is 0 Å². The van der Waals surface area contributed by atoms with Gasteiger partial charge in [0, 0.05) is 12.1 Å². The molecule has 7 nitrogen and oxygen atoms in total. The van der Waals surface area contributed by atoms with Crippen LogP contribution in [0.2, 0.25) is 0 Å². The Balaban J connectivity index is 1.90. The first-order chi connectivity index (χ1) is 9.23. The second-order valence-corrected chi connectivity index (χ2v) is 8.11. The first kappa shape index (κ1) is 15.1. The van der Waals surface area contributed by atoms with E-state index in [9.17, 15) is 23.1 Å². The number of amides is 2. The van der Waals surface area contributed by atoms with Gasteiger partial charge in [0.15, 0.2) is 9.84 Å². The third-order valence-corrected chi connectivity index (χ3v) is 6.09. The predicted octanol–water partition coefficient (Wildman–Crippen LogP) is 0.116. The van der Waals surface area contributed by atoms with E-state index in [1.54, 1.807) is 6.92 Å². The molecule has 8 heteroatoms. The van der Waals surface area contributed by atoms with Crippen molar-refractivity contribution in [1.82, 2.24) is 10.6 Å². The van der Waals surface area contributed by atoms with Crippen LogP contribution < -0.4 is 10.6 Å². The van der Waals surface area contributed by atoms with E-state index in [4.69, 9.17) is 0 Å². The SMILES string of the molecule is CC1(C(=O)O)CCCC1NC(=O)NC1CCS(=O)(=O)C1. The Morgan fingerprint density at radius 2 is 1.95 bits per heavy atom. The molecule has 2 aliphatic rings. The molecular formula is C12H20N2O5S. The summed E-state index contributed by atoms with van der Waals surface area (Å²) in [6.45, 7) is 1.63. The van der Waals surface area contributed by atoms with Gasteiger partial charge in [0.25, 0.3) is 0 Å². The summed E-state index contributed by atoms with van der Waals surface area (Å²) in [6, 6.07) is -1.28. The van der Waals surface area contributed by atoms with Crippen LogP contribution in [0.15, 0.2) is 0 Å². The van der Waals surface area contributed by atoms with Crippen LogP contribution >= 0.6 is 0 Å². The van der Waals surface area contributed by atoms with E-state index in [1.807, 2.05) is 0 Å². The Morgan fingerprint density at radius 3 is 2.50 bits per heavy atom. The van der Waals surface area contributed by atoms with E-state index in [0.717, 1.165) is 6.42 Å². The maximum absolute atomic E-state index is 11.9. The van der Waals surface area contributed by atoms with Gasteiger partial charge in [-0.25, -0.2) is 13.2 Å². The Morgan fingerprint density at radius 1 is 1.25 bits per heavy atom. The van der Waals surface area contributed by atoms with Crippen molar-refractivity contribution in [2.75, 3.05) is 11.5 Å². The lowest BCUT2D eigenvalue weighted by Gasteiger charge is -2.28. The molecule has 3 N–H and O–H groups in total. The summed E-state index contributed by atoms with van der Waals surface area (Å²) < 4.78 is 22.6. The van der Waals surface area contributed by atoms with Gasteiger partial charge < -0.3 is 15.7 Å². The second kappa shape index (κ2) is 5.23. The van der Waals surface area contributed by atoms with E-state index in [1.165, 1.54) is 0 Å². The van der Waals surface area contributed by atoms with Crippen LogP contribution in [-0.2, 0) is 14.6 Å². The van der Waals surface area contributed by atoms with Crippen LogP contribution in [0.3, 0.4) is 0 Å². The standard InChI is InChI=1S/C12H20N2O5S/c1-12(10(15)16)5-2-3-9(12)14-11(17)13-8-4-6-20(18,19)7-8/h8-9H,2-7H2,1H3,(H,15,16)(H2,13,14,17). The smallest absolute Gasteiger partial charge is 0.315 e. The Hall–Kier alpha value is -1.31. The van der Waals surface area contributed by atoms with Gasteiger partial charge >= 0.3 is 12.0 Å². The lowest BCUT2D eigenvalue weighted by Crippen LogP contribution is -2.52. The van der Waals surface area contributed by atoms with Crippen LogP contribution in [0.1, 0.15) is 32.6 Å². The number of hydrogen-bond acceptors (Lipinski definition) is 4. The zero-order valence-corrected chi connectivity index (χ0v) is 12.2. The lowest BCUT2D eigenvalue weighted by atomic mass is 9.85. The summed E-state index contributed by atoms with van der Waals surface area (Å²) >= 11 is 0. The largest absolute Gasteiger partial charge is 0.481 e. The van der Waals surface area contributed by atoms with Crippen molar-refractivity contribution in [3.05, 3.63) is 0 Å². The molecule has 3 unspecified atom stereocenters. The fraction of sp³-hybridized carbons (Fsp3) is 0.833. The molecular weight excluding hydrogens is 284 g/mol. The Kier molecular flexibility index (Phi) is 3.95. The molecule has 0 radical (unpaired) electrons. The molecule has 114 valence electrons. The van der Waals surface area contributed by atoms with E-state index in [2.05, 4.69) is 10.6 Å². The highest BCUT2D eigenvalue weighted by Crippen LogP contribution is 2.38. The minimum absolute atomic E-state index is 0.0404. The third kappa shape index (κ3) is 3.05. The number of carbonyl (C=O) groups is 2. The highest BCUT2D eigenvalue weighted by Gasteiger charge is 2.46. The van der Waals surface area contributed by atoms with Gasteiger partial charge in [-0.05, 0) is 26.2 Å². The quantitative estimate of drug-likeness (QED) is 0.685. The molecule has 0 bridgehead atoms. The highest BCUT2D eigenvalue weighted by atomic mass is 32.2. The van der Waals surface area contributed by atoms with Crippen LogP contribution in [0.4, 0.5) is 4.79 Å². The molecule has 1 aliphatic heterocycles. The van der Waals surface area contributed by atoms with E-state index >= 15 is 0 Å². The van der Waals surface area contributed by atoms with Crippen LogP contribution in [0.25, 0.3) is 0 Å². The van der Waals surface area contributed by atoms with Crippen molar-refractivity contribution in [1.29, 1.82) is 0 Å². The van der Waals surface area contributed by atoms with Crippen molar-refractivity contribution in [3.8, 4) is 0 Å². The number of sulfone groups is 1. The molecule has 0 aromatic carbocycles. The molecule has 1 saturated heterocycles. The highest BCUT2D eigenvalue weighted by molar-refractivity contribution is 7.91. The lowest BCUT2D eigenvalue weighted by molar-refractivity contribution is -0.148. The summed E-state index contributed by atoms with van der Waals surface area (Å²) in [5.41, 5.74) is -0.945. The molecule has 1 aliphatic carbocycles. The number of carboxylic acid groups (broad SMARTS) is 1. The normalized spacial score (nSPS) is 35.6. The van der Waals surface area contributed by atoms with Gasteiger partial charge in [-0.1, -0.05) is 6.42 Å². The topological polar surface area (TPSA) is 113 Å². The molecule has 0 spiro atoms. The number of rotatable bonds is 3. The molecule has 3 atom stereocenters. The zero-order chi connectivity index (χ0) is 15.0. The van der Waals surface area contributed by atoms with Gasteiger partial charge in [0.1, 0.15) is 0 Å². The van der Waals surface area contributed by atoms with Crippen molar-refractivity contribution in [2.24, 2.45) is 5.41 Å². The Bertz CT molecular complexity index is 518. The summed E-state index contributed by atoms with van der Waals surface area (Å²) in [6.07, 6.45) is 2.33. The van der Waals surface area contributed by atoms with Gasteiger partial charge in [0.2, 0.25) is 0 Å². The fourth-order valence-electron chi connectivity index (χ4n) is 2.95. The third-order valence-electron chi connectivity index (χ3n) is 4.32. The predicted molar refractivity (Wildman–Crippen MR) is 72.1 cm³/mol. The Labute approximate surface area is 118 Å². The van der Waals surface area contributed by atoms with Gasteiger partial charge in [-0.2, -0.15) is 0 Å². The minimum Gasteiger partial charge on any atom is -0.481 e. The molecule has 0 aromatic rings. The number of carbonyl (C=O) groups excluding carboxylic acids is 1. The molecule has 1 heterocycles. The van der Waals surface area contributed by atoms with Crippen molar-refractivity contribution in [3.63, 3.8) is 0 Å². The monoisotopic (exact) mass is 304 g/mol. The molecule has 2 fully saturated rings. The number of carboxylic acids is 1. The average Bonchev–Trinajstić information content (AvgIpc) is 2.84. The maximum atomic E-state index is 11.9. The van der Waals surface area contributed by atoms with Gasteiger partial charge in [-0.3, -0.25) is 4.79 Å². The van der Waals surface area contributed by atoms with Gasteiger partial charge in [0.05, 0.1) is 16.9 Å². The first-order valence-electron chi connectivity index (χ1n) is 6.74. The van der Waals surface area contributed by atoms with Crippen LogP contribution in [-0.4, -0.2) is 49.1 Å². The number of hydrogen-bond donors (Lipinski definition) is 3. The van der Waals surface area contributed by atoms with Crippen molar-refractivity contribution < 1.29 is 23.1 Å². The molecule has 2 amide bonds. The summed E-state index contributed by atoms with van der Waals surface area (Å²) in [4.78, 5) is 23.2. The minimum atomic E-state index is -3.04. The zero-order valence-electron chi connectivity index (χ0n) is 11.4.